The maximum Gasteiger partial charge on any atom is 0.261 e. The molecule has 2 aromatic rings. The largest absolute Gasteiger partial charge is 0.357 e. The van der Waals surface area contributed by atoms with Crippen molar-refractivity contribution in [3.8, 4) is 0 Å². The molecule has 1 aromatic heterocycles. The average Bonchev–Trinajstić information content (AvgIpc) is 3.31. The number of rotatable bonds is 4. The van der Waals surface area contributed by atoms with Crippen LogP contribution < -0.4 is 10.2 Å². The minimum Gasteiger partial charge on any atom is -0.357 e. The van der Waals surface area contributed by atoms with Gasteiger partial charge in [0.1, 0.15) is 5.82 Å². The molecule has 1 N–H and O–H groups in total. The quantitative estimate of drug-likeness (QED) is 0.837. The molecular formula is C20H20N4O3. The van der Waals surface area contributed by atoms with E-state index in [9.17, 15) is 14.4 Å². The second-order valence-electron chi connectivity index (χ2n) is 6.83. The van der Waals surface area contributed by atoms with E-state index in [0.717, 1.165) is 29.4 Å². The lowest BCUT2D eigenvalue weighted by Gasteiger charge is -2.16. The molecule has 27 heavy (non-hydrogen) atoms. The third-order valence-electron chi connectivity index (χ3n) is 5.04. The fourth-order valence-electron chi connectivity index (χ4n) is 3.44. The number of nitrogens with one attached hydrogen (secondary N) is 1. The van der Waals surface area contributed by atoms with Crippen molar-refractivity contribution in [2.24, 2.45) is 0 Å². The Labute approximate surface area is 157 Å². The third-order valence-corrected chi connectivity index (χ3v) is 5.04. The van der Waals surface area contributed by atoms with Crippen LogP contribution in [0.25, 0.3) is 0 Å². The first-order chi connectivity index (χ1) is 13.0. The maximum atomic E-state index is 12.4. The molecule has 0 atom stereocenters. The van der Waals surface area contributed by atoms with Gasteiger partial charge in [-0.25, -0.2) is 4.98 Å². The second-order valence-corrected chi connectivity index (χ2v) is 6.83. The molecule has 7 nitrogen and oxygen atoms in total. The second kappa shape index (κ2) is 6.83. The van der Waals surface area contributed by atoms with Gasteiger partial charge in [0.15, 0.2) is 0 Å². The van der Waals surface area contributed by atoms with Crippen LogP contribution in [-0.2, 0) is 6.54 Å². The van der Waals surface area contributed by atoms with Crippen molar-refractivity contribution in [2.45, 2.75) is 19.4 Å². The van der Waals surface area contributed by atoms with Crippen LogP contribution >= 0.6 is 0 Å². The van der Waals surface area contributed by atoms with E-state index in [1.54, 1.807) is 12.3 Å². The summed E-state index contributed by atoms with van der Waals surface area (Å²) in [6, 6.07) is 8.50. The lowest BCUT2D eigenvalue weighted by Crippen LogP contribution is -2.24. The summed E-state index contributed by atoms with van der Waals surface area (Å²) < 4.78 is 0. The SMILES string of the molecule is CN1C(=O)c2ccc(C(=O)NCc3ccc(N4CCCC4)nc3)cc2C1=O. The minimum atomic E-state index is -0.383. The van der Waals surface area contributed by atoms with Crippen LogP contribution in [0.15, 0.2) is 36.5 Å². The van der Waals surface area contributed by atoms with E-state index in [4.69, 9.17) is 0 Å². The van der Waals surface area contributed by atoms with Crippen molar-refractivity contribution in [3.05, 3.63) is 58.8 Å². The number of imide groups is 1. The highest BCUT2D eigenvalue weighted by molar-refractivity contribution is 6.21. The van der Waals surface area contributed by atoms with Crippen molar-refractivity contribution in [1.82, 2.24) is 15.2 Å². The number of hydrogen-bond donors (Lipinski definition) is 1. The maximum absolute atomic E-state index is 12.4. The first-order valence-electron chi connectivity index (χ1n) is 8.99. The summed E-state index contributed by atoms with van der Waals surface area (Å²) in [6.45, 7) is 2.42. The summed E-state index contributed by atoms with van der Waals surface area (Å²) in [6.07, 6.45) is 4.17. The Morgan fingerprint density at radius 2 is 1.81 bits per heavy atom. The first-order valence-corrected chi connectivity index (χ1v) is 8.99. The highest BCUT2D eigenvalue weighted by Crippen LogP contribution is 2.23. The highest BCUT2D eigenvalue weighted by atomic mass is 16.2. The molecular weight excluding hydrogens is 344 g/mol. The highest BCUT2D eigenvalue weighted by Gasteiger charge is 2.33. The Kier molecular flexibility index (Phi) is 4.35. The molecule has 2 aliphatic rings. The van der Waals surface area contributed by atoms with E-state index < -0.39 is 0 Å². The number of benzene rings is 1. The molecule has 3 heterocycles. The van der Waals surface area contributed by atoms with Gasteiger partial charge in [0.2, 0.25) is 0 Å². The molecule has 3 amide bonds. The third kappa shape index (κ3) is 3.16. The molecule has 2 aliphatic heterocycles. The molecule has 138 valence electrons. The van der Waals surface area contributed by atoms with Crippen molar-refractivity contribution in [2.75, 3.05) is 25.0 Å². The lowest BCUT2D eigenvalue weighted by molar-refractivity contribution is 0.0693. The Hall–Kier alpha value is -3.22. The van der Waals surface area contributed by atoms with E-state index in [1.807, 2.05) is 12.1 Å². The van der Waals surface area contributed by atoms with Crippen LogP contribution in [0.1, 0.15) is 49.5 Å². The van der Waals surface area contributed by atoms with Crippen LogP contribution in [0.2, 0.25) is 0 Å². The summed E-state index contributed by atoms with van der Waals surface area (Å²) in [5.74, 6) is -0.0535. The summed E-state index contributed by atoms with van der Waals surface area (Å²) in [5.41, 5.74) is 1.86. The monoisotopic (exact) mass is 364 g/mol. The van der Waals surface area contributed by atoms with Gasteiger partial charge < -0.3 is 10.2 Å². The fourth-order valence-corrected chi connectivity index (χ4v) is 3.44. The number of anilines is 1. The number of carbonyl (C=O) groups is 3. The zero-order valence-corrected chi connectivity index (χ0v) is 15.1. The topological polar surface area (TPSA) is 82.6 Å². The molecule has 0 radical (unpaired) electrons. The number of amides is 3. The average molecular weight is 364 g/mol. The smallest absolute Gasteiger partial charge is 0.261 e. The molecule has 0 spiro atoms. The molecule has 1 aromatic carbocycles. The number of aromatic nitrogens is 1. The Bertz CT molecular complexity index is 917. The molecule has 0 saturated carbocycles. The Morgan fingerprint density at radius 3 is 2.52 bits per heavy atom. The van der Waals surface area contributed by atoms with Gasteiger partial charge >= 0.3 is 0 Å². The van der Waals surface area contributed by atoms with Crippen LogP contribution in [0, 0.1) is 0 Å². The normalized spacial score (nSPS) is 16.0. The molecule has 1 fully saturated rings. The summed E-state index contributed by atoms with van der Waals surface area (Å²) in [4.78, 5) is 44.2. The van der Waals surface area contributed by atoms with Gasteiger partial charge in [-0.15, -0.1) is 0 Å². The predicted octanol–water partition coefficient (Wildman–Crippen LogP) is 1.84. The van der Waals surface area contributed by atoms with Gasteiger partial charge in [0, 0.05) is 38.4 Å². The molecule has 0 aliphatic carbocycles. The van der Waals surface area contributed by atoms with Crippen molar-refractivity contribution in [3.63, 3.8) is 0 Å². The first kappa shape index (κ1) is 17.2. The number of fused-ring (bicyclic) bond motifs is 1. The minimum absolute atomic E-state index is 0.270. The van der Waals surface area contributed by atoms with Gasteiger partial charge in [-0.2, -0.15) is 0 Å². The fraction of sp³-hybridized carbons (Fsp3) is 0.300. The zero-order valence-electron chi connectivity index (χ0n) is 15.1. The van der Waals surface area contributed by atoms with E-state index >= 15 is 0 Å². The standard InChI is InChI=1S/C20H20N4O3/c1-23-19(26)15-6-5-14(10-16(15)20(23)27)18(25)22-12-13-4-7-17(21-11-13)24-8-2-3-9-24/h4-7,10-11H,2-3,8-9,12H2,1H3,(H,22,25). The van der Waals surface area contributed by atoms with Crippen LogP contribution in [-0.4, -0.2) is 47.7 Å². The number of carbonyl (C=O) groups excluding carboxylic acids is 3. The molecule has 0 bridgehead atoms. The van der Waals surface area contributed by atoms with Crippen molar-refractivity contribution < 1.29 is 14.4 Å². The van der Waals surface area contributed by atoms with Gasteiger partial charge in [-0.3, -0.25) is 19.3 Å². The van der Waals surface area contributed by atoms with Gasteiger partial charge in [0.25, 0.3) is 17.7 Å². The molecule has 0 unspecified atom stereocenters. The van der Waals surface area contributed by atoms with Gasteiger partial charge in [0.05, 0.1) is 11.1 Å². The van der Waals surface area contributed by atoms with E-state index in [2.05, 4.69) is 15.2 Å². The van der Waals surface area contributed by atoms with E-state index in [-0.39, 0.29) is 23.3 Å². The predicted molar refractivity (Wildman–Crippen MR) is 99.7 cm³/mol. The number of nitrogens with zero attached hydrogens (tertiary/aromatic N) is 3. The molecule has 4 rings (SSSR count). The van der Waals surface area contributed by atoms with E-state index in [0.29, 0.717) is 17.7 Å². The molecule has 1 saturated heterocycles. The zero-order chi connectivity index (χ0) is 19.0. The van der Waals surface area contributed by atoms with Crippen LogP contribution in [0.3, 0.4) is 0 Å². The molecule has 7 heteroatoms. The van der Waals surface area contributed by atoms with E-state index in [1.165, 1.54) is 32.0 Å². The Balaban J connectivity index is 1.41. The lowest BCUT2D eigenvalue weighted by atomic mass is 10.1. The van der Waals surface area contributed by atoms with Gasteiger partial charge in [-0.1, -0.05) is 6.07 Å². The van der Waals surface area contributed by atoms with Crippen molar-refractivity contribution in [1.29, 1.82) is 0 Å². The number of hydrogen-bond acceptors (Lipinski definition) is 5. The summed E-state index contributed by atoms with van der Waals surface area (Å²) in [5, 5.41) is 2.83. The van der Waals surface area contributed by atoms with Gasteiger partial charge in [-0.05, 0) is 42.7 Å². The number of pyridine rings is 1. The van der Waals surface area contributed by atoms with Crippen LogP contribution in [0.5, 0.6) is 0 Å². The summed E-state index contributed by atoms with van der Waals surface area (Å²) >= 11 is 0. The Morgan fingerprint density at radius 1 is 1.07 bits per heavy atom. The summed E-state index contributed by atoms with van der Waals surface area (Å²) in [7, 11) is 1.43. The van der Waals surface area contributed by atoms with Crippen molar-refractivity contribution >= 4 is 23.5 Å². The van der Waals surface area contributed by atoms with Crippen LogP contribution in [0.4, 0.5) is 5.82 Å².